The van der Waals surface area contributed by atoms with Gasteiger partial charge >= 0.3 is 11.9 Å². The average molecular weight is 259 g/mol. The van der Waals surface area contributed by atoms with Gasteiger partial charge in [-0.25, -0.2) is 0 Å². The second kappa shape index (κ2) is 4.19. The Bertz CT molecular complexity index is 509. The lowest BCUT2D eigenvalue weighted by molar-refractivity contribution is -0.505. The Hall–Kier alpha value is -1.72. The van der Waals surface area contributed by atoms with Gasteiger partial charge in [0.15, 0.2) is 6.04 Å². The van der Waals surface area contributed by atoms with Crippen molar-refractivity contribution in [3.63, 3.8) is 0 Å². The molecule has 0 fully saturated rings. The number of halogens is 3. The molecular weight excluding hydrogens is 247 g/mol. The molecule has 1 aromatic carbocycles. The van der Waals surface area contributed by atoms with Crippen LogP contribution in [0.5, 0.6) is 5.75 Å². The molecule has 1 aromatic rings. The third-order valence-corrected chi connectivity index (χ3v) is 2.97. The molecular formula is C12H12F3NO2. The van der Waals surface area contributed by atoms with Crippen LogP contribution in [0.25, 0.3) is 0 Å². The molecule has 1 heterocycles. The van der Waals surface area contributed by atoms with Gasteiger partial charge < -0.3 is 9.94 Å². The molecule has 6 heteroatoms. The SMILES string of the molecule is COc1ccc2c(c1)CC(C)[N+]([O-])=C2C(F)(F)F. The van der Waals surface area contributed by atoms with Gasteiger partial charge in [0.25, 0.3) is 0 Å². The van der Waals surface area contributed by atoms with Crippen molar-refractivity contribution in [1.29, 1.82) is 0 Å². The van der Waals surface area contributed by atoms with Crippen LogP contribution in [0.4, 0.5) is 13.2 Å². The smallest absolute Gasteiger partial charge is 0.478 e. The third-order valence-electron chi connectivity index (χ3n) is 2.97. The second-order valence-corrected chi connectivity index (χ2v) is 4.25. The summed E-state index contributed by atoms with van der Waals surface area (Å²) < 4.78 is 43.8. The first kappa shape index (κ1) is 12.7. The number of nitrogens with zero attached hydrogens (tertiary/aromatic N) is 1. The highest BCUT2D eigenvalue weighted by molar-refractivity contribution is 6.03. The van der Waals surface area contributed by atoms with Crippen molar-refractivity contribution in [2.24, 2.45) is 0 Å². The number of benzene rings is 1. The average Bonchev–Trinajstić information content (AvgIpc) is 2.28. The van der Waals surface area contributed by atoms with Gasteiger partial charge in [0.1, 0.15) is 5.75 Å². The minimum Gasteiger partial charge on any atom is -0.623 e. The van der Waals surface area contributed by atoms with Gasteiger partial charge in [-0.3, -0.25) is 0 Å². The maximum absolute atomic E-state index is 12.9. The zero-order chi connectivity index (χ0) is 13.5. The molecule has 1 atom stereocenters. The van der Waals surface area contributed by atoms with Crippen LogP contribution in [0, 0.1) is 5.21 Å². The van der Waals surface area contributed by atoms with Crippen LogP contribution in [0.3, 0.4) is 0 Å². The van der Waals surface area contributed by atoms with Crippen LogP contribution in [-0.2, 0) is 6.42 Å². The fourth-order valence-electron chi connectivity index (χ4n) is 2.11. The maximum atomic E-state index is 12.9. The Morgan fingerprint density at radius 3 is 2.61 bits per heavy atom. The Balaban J connectivity index is 2.62. The molecule has 1 aliphatic rings. The van der Waals surface area contributed by atoms with Crippen LogP contribution in [0.15, 0.2) is 18.2 Å². The molecule has 0 aliphatic carbocycles. The molecule has 0 aromatic heterocycles. The fourth-order valence-corrected chi connectivity index (χ4v) is 2.11. The lowest BCUT2D eigenvalue weighted by Gasteiger charge is -2.25. The highest BCUT2D eigenvalue weighted by atomic mass is 19.4. The van der Waals surface area contributed by atoms with Crippen molar-refractivity contribution < 1.29 is 22.6 Å². The summed E-state index contributed by atoms with van der Waals surface area (Å²) in [5.41, 5.74) is -0.698. The predicted molar refractivity (Wildman–Crippen MR) is 60.0 cm³/mol. The summed E-state index contributed by atoms with van der Waals surface area (Å²) in [6, 6.07) is 3.52. The van der Waals surface area contributed by atoms with Crippen molar-refractivity contribution in [3.05, 3.63) is 34.5 Å². The van der Waals surface area contributed by atoms with E-state index in [2.05, 4.69) is 0 Å². The number of ether oxygens (including phenoxy) is 1. The monoisotopic (exact) mass is 259 g/mol. The minimum absolute atomic E-state index is 0.0504. The second-order valence-electron chi connectivity index (χ2n) is 4.25. The quantitative estimate of drug-likeness (QED) is 0.573. The Morgan fingerprint density at radius 1 is 1.39 bits per heavy atom. The summed E-state index contributed by atoms with van der Waals surface area (Å²) in [4.78, 5) is 0. The maximum Gasteiger partial charge on any atom is 0.478 e. The minimum atomic E-state index is -4.65. The van der Waals surface area contributed by atoms with Gasteiger partial charge in [0, 0.05) is 6.42 Å². The highest BCUT2D eigenvalue weighted by Gasteiger charge is 2.47. The van der Waals surface area contributed by atoms with Gasteiger partial charge in [0.05, 0.1) is 12.7 Å². The van der Waals surface area contributed by atoms with Crippen LogP contribution >= 0.6 is 0 Å². The molecule has 0 radical (unpaired) electrons. The Labute approximate surface area is 102 Å². The first-order valence-electron chi connectivity index (χ1n) is 5.42. The van der Waals surface area contributed by atoms with Crippen molar-refractivity contribution in [2.75, 3.05) is 7.11 Å². The summed E-state index contributed by atoms with van der Waals surface area (Å²) in [6.07, 6.45) is -4.38. The van der Waals surface area contributed by atoms with E-state index in [0.29, 0.717) is 11.3 Å². The number of rotatable bonds is 1. The van der Waals surface area contributed by atoms with Crippen LogP contribution in [0.1, 0.15) is 18.1 Å². The topological polar surface area (TPSA) is 35.3 Å². The van der Waals surface area contributed by atoms with Gasteiger partial charge in [-0.15, -0.1) is 0 Å². The normalized spacial score (nSPS) is 19.7. The van der Waals surface area contributed by atoms with Crippen LogP contribution in [0.2, 0.25) is 0 Å². The van der Waals surface area contributed by atoms with E-state index in [0.717, 1.165) is 0 Å². The predicted octanol–water partition coefficient (Wildman–Crippen LogP) is 2.50. The van der Waals surface area contributed by atoms with E-state index >= 15 is 0 Å². The van der Waals surface area contributed by atoms with Crippen molar-refractivity contribution in [1.82, 2.24) is 0 Å². The number of hydrogen-bond acceptors (Lipinski definition) is 2. The number of methoxy groups -OCH3 is 1. The highest BCUT2D eigenvalue weighted by Crippen LogP contribution is 2.31. The van der Waals surface area contributed by atoms with Crippen LogP contribution < -0.4 is 4.74 Å². The van der Waals surface area contributed by atoms with Gasteiger partial charge in [-0.1, -0.05) is 0 Å². The zero-order valence-electron chi connectivity index (χ0n) is 9.91. The molecule has 2 rings (SSSR count). The summed E-state index contributed by atoms with van der Waals surface area (Å²) in [5.74, 6) is 0.488. The Kier molecular flexibility index (Phi) is 2.96. The van der Waals surface area contributed by atoms with E-state index in [1.807, 2.05) is 0 Å². The van der Waals surface area contributed by atoms with E-state index in [-0.39, 0.29) is 16.7 Å². The molecule has 3 nitrogen and oxygen atoms in total. The van der Waals surface area contributed by atoms with Gasteiger partial charge in [-0.2, -0.15) is 17.9 Å². The number of hydroxylamine groups is 1. The Morgan fingerprint density at radius 2 is 2.06 bits per heavy atom. The van der Waals surface area contributed by atoms with Gasteiger partial charge in [0.2, 0.25) is 0 Å². The number of fused-ring (bicyclic) bond motifs is 1. The van der Waals surface area contributed by atoms with E-state index in [1.54, 1.807) is 6.07 Å². The molecule has 0 amide bonds. The molecule has 0 bridgehead atoms. The van der Waals surface area contributed by atoms with Crippen molar-refractivity contribution in [2.45, 2.75) is 25.6 Å². The molecule has 0 saturated carbocycles. The summed E-state index contributed by atoms with van der Waals surface area (Å²) in [7, 11) is 1.45. The first-order chi connectivity index (χ1) is 8.34. The zero-order valence-corrected chi connectivity index (χ0v) is 9.91. The lowest BCUT2D eigenvalue weighted by atomic mass is 9.93. The van der Waals surface area contributed by atoms with E-state index in [1.165, 1.54) is 26.2 Å². The molecule has 98 valence electrons. The van der Waals surface area contributed by atoms with E-state index in [9.17, 15) is 18.4 Å². The third kappa shape index (κ3) is 2.02. The lowest BCUT2D eigenvalue weighted by Crippen LogP contribution is -2.41. The largest absolute Gasteiger partial charge is 0.623 e. The summed E-state index contributed by atoms with van der Waals surface area (Å²) in [6.45, 7) is 1.47. The summed E-state index contributed by atoms with van der Waals surface area (Å²) >= 11 is 0. The number of hydrogen-bond donors (Lipinski definition) is 0. The molecule has 0 N–H and O–H groups in total. The summed E-state index contributed by atoms with van der Waals surface area (Å²) in [5, 5.41) is 11.6. The first-order valence-corrected chi connectivity index (χ1v) is 5.42. The van der Waals surface area contributed by atoms with Crippen molar-refractivity contribution >= 4 is 5.71 Å². The molecule has 0 spiro atoms. The number of alkyl halides is 3. The molecule has 0 saturated heterocycles. The van der Waals surface area contributed by atoms with E-state index in [4.69, 9.17) is 4.74 Å². The molecule has 1 unspecified atom stereocenters. The van der Waals surface area contributed by atoms with E-state index < -0.39 is 17.9 Å². The van der Waals surface area contributed by atoms with Gasteiger partial charge in [-0.05, 0) is 30.7 Å². The molecule has 18 heavy (non-hydrogen) atoms. The van der Waals surface area contributed by atoms with Crippen LogP contribution in [-0.4, -0.2) is 29.8 Å². The standard InChI is InChI=1S/C12H12F3NO2/c1-7-5-8-6-9(18-2)3-4-10(8)11(16(7)17)12(13,14)15/h3-4,6-7H,5H2,1-2H3. The van der Waals surface area contributed by atoms with Crippen molar-refractivity contribution in [3.8, 4) is 5.75 Å². The molecule has 1 aliphatic heterocycles. The fraction of sp³-hybridized carbons (Fsp3) is 0.417.